The fourth-order valence-electron chi connectivity index (χ4n) is 4.32. The van der Waals surface area contributed by atoms with Crippen molar-refractivity contribution in [3.63, 3.8) is 0 Å². The highest BCUT2D eigenvalue weighted by atomic mass is 32.1. The van der Waals surface area contributed by atoms with Crippen molar-refractivity contribution in [1.29, 1.82) is 0 Å². The van der Waals surface area contributed by atoms with Crippen molar-refractivity contribution in [2.24, 2.45) is 0 Å². The Morgan fingerprint density at radius 1 is 1.09 bits per heavy atom. The van der Waals surface area contributed by atoms with Crippen LogP contribution in [0.1, 0.15) is 29.9 Å². The molecule has 33 heavy (non-hydrogen) atoms. The Labute approximate surface area is 197 Å². The number of methoxy groups -OCH3 is 1. The zero-order chi connectivity index (χ0) is 22.6. The first-order valence-electron chi connectivity index (χ1n) is 11.2. The van der Waals surface area contributed by atoms with E-state index in [1.807, 2.05) is 83.8 Å². The Morgan fingerprint density at radius 3 is 2.39 bits per heavy atom. The van der Waals surface area contributed by atoms with E-state index in [4.69, 9.17) is 14.5 Å². The molecule has 6 heteroatoms. The first kappa shape index (κ1) is 21.6. The van der Waals surface area contributed by atoms with Crippen LogP contribution in [0.2, 0.25) is 0 Å². The molecule has 5 nitrogen and oxygen atoms in total. The highest BCUT2D eigenvalue weighted by Crippen LogP contribution is 2.35. The minimum absolute atomic E-state index is 0.00826. The quantitative estimate of drug-likeness (QED) is 0.359. The molecule has 0 N–H and O–H groups in total. The van der Waals surface area contributed by atoms with Crippen molar-refractivity contribution < 1.29 is 14.3 Å². The molecule has 1 fully saturated rings. The van der Waals surface area contributed by atoms with Gasteiger partial charge in [-0.15, -0.1) is 0 Å². The van der Waals surface area contributed by atoms with Gasteiger partial charge in [0.1, 0.15) is 5.75 Å². The lowest BCUT2D eigenvalue weighted by Gasteiger charge is -2.28. The Bertz CT molecular complexity index is 1180. The van der Waals surface area contributed by atoms with Crippen molar-refractivity contribution in [1.82, 2.24) is 4.98 Å². The van der Waals surface area contributed by atoms with E-state index in [0.717, 1.165) is 46.5 Å². The van der Waals surface area contributed by atoms with Gasteiger partial charge in [0.2, 0.25) is 5.91 Å². The lowest BCUT2D eigenvalue weighted by molar-refractivity contribution is -0.119. The van der Waals surface area contributed by atoms with E-state index in [9.17, 15) is 4.79 Å². The molecule has 5 rings (SSSR count). The summed E-state index contributed by atoms with van der Waals surface area (Å²) >= 11 is 1.53. The van der Waals surface area contributed by atoms with Crippen LogP contribution in [0.15, 0.2) is 78.9 Å². The summed E-state index contributed by atoms with van der Waals surface area (Å²) in [5, 5.41) is 0.690. The second-order valence-corrected chi connectivity index (χ2v) is 9.18. The zero-order valence-corrected chi connectivity index (χ0v) is 19.3. The summed E-state index contributed by atoms with van der Waals surface area (Å²) < 4.78 is 12.3. The summed E-state index contributed by atoms with van der Waals surface area (Å²) in [7, 11) is 1.64. The van der Waals surface area contributed by atoms with Gasteiger partial charge in [-0.05, 0) is 36.1 Å². The highest BCUT2D eigenvalue weighted by Gasteiger charge is 2.32. The highest BCUT2D eigenvalue weighted by molar-refractivity contribution is 7.22. The Hall–Kier alpha value is -3.22. The van der Waals surface area contributed by atoms with E-state index in [1.165, 1.54) is 11.3 Å². The van der Waals surface area contributed by atoms with Crippen molar-refractivity contribution in [3.8, 4) is 5.75 Å². The molecule has 1 aliphatic rings. The molecule has 0 spiro atoms. The first-order chi connectivity index (χ1) is 16.2. The molecule has 1 aliphatic heterocycles. The van der Waals surface area contributed by atoms with Crippen LogP contribution in [0.25, 0.3) is 10.2 Å². The summed E-state index contributed by atoms with van der Waals surface area (Å²) in [6.07, 6.45) is 1.98. The number of hydrogen-bond donors (Lipinski definition) is 0. The van der Waals surface area contributed by atoms with Gasteiger partial charge in [-0.2, -0.15) is 0 Å². The number of anilines is 1. The molecule has 1 aromatic heterocycles. The fourth-order valence-corrected chi connectivity index (χ4v) is 5.28. The summed E-state index contributed by atoms with van der Waals surface area (Å²) in [5.74, 6) is 0.340. The Balaban J connectivity index is 1.58. The van der Waals surface area contributed by atoms with Crippen molar-refractivity contribution in [3.05, 3.63) is 90.0 Å². The van der Waals surface area contributed by atoms with Crippen molar-refractivity contribution in [2.75, 3.05) is 25.2 Å². The SMILES string of the molecule is COc1ccc2sc(N(CC3CCCO3)C(=O)C(c3ccccc3)c3ccccc3)nc2c1. The summed E-state index contributed by atoms with van der Waals surface area (Å²) in [6.45, 7) is 1.23. The molecule has 0 saturated carbocycles. The molecule has 0 aliphatic carbocycles. The number of hydrogen-bond acceptors (Lipinski definition) is 5. The molecule has 0 radical (unpaired) electrons. The van der Waals surface area contributed by atoms with E-state index < -0.39 is 5.92 Å². The largest absolute Gasteiger partial charge is 0.497 e. The molecule has 0 bridgehead atoms. The van der Waals surface area contributed by atoms with Crippen LogP contribution in [0.5, 0.6) is 5.75 Å². The Kier molecular flexibility index (Phi) is 6.37. The molecule has 168 valence electrons. The predicted octanol–water partition coefficient (Wildman–Crippen LogP) is 5.65. The molecular formula is C27H26N2O3S. The van der Waals surface area contributed by atoms with Crippen LogP contribution in [-0.4, -0.2) is 37.3 Å². The molecular weight excluding hydrogens is 432 g/mol. The maximum Gasteiger partial charge on any atom is 0.240 e. The van der Waals surface area contributed by atoms with Crippen LogP contribution >= 0.6 is 11.3 Å². The van der Waals surface area contributed by atoms with Gasteiger partial charge >= 0.3 is 0 Å². The standard InChI is InChI=1S/C27H26N2O3S/c1-31-21-14-15-24-23(17-21)28-27(33-24)29(18-22-13-8-16-32-22)26(30)25(19-9-4-2-5-10-19)20-11-6-3-7-12-20/h2-7,9-12,14-15,17,22,25H,8,13,16,18H2,1H3. The van der Waals surface area contributed by atoms with Crippen molar-refractivity contribution >= 4 is 32.6 Å². The summed E-state index contributed by atoms with van der Waals surface area (Å²) in [6, 6.07) is 25.8. The van der Waals surface area contributed by atoms with Gasteiger partial charge in [0.15, 0.2) is 5.13 Å². The van der Waals surface area contributed by atoms with Gasteiger partial charge < -0.3 is 9.47 Å². The van der Waals surface area contributed by atoms with Gasteiger partial charge in [0.05, 0.1) is 35.9 Å². The van der Waals surface area contributed by atoms with E-state index in [1.54, 1.807) is 7.11 Å². The van der Waals surface area contributed by atoms with E-state index >= 15 is 0 Å². The minimum Gasteiger partial charge on any atom is -0.497 e. The molecule has 1 amide bonds. The third-order valence-corrected chi connectivity index (χ3v) is 7.06. The summed E-state index contributed by atoms with van der Waals surface area (Å²) in [5.41, 5.74) is 2.76. The van der Waals surface area contributed by atoms with E-state index in [-0.39, 0.29) is 12.0 Å². The smallest absolute Gasteiger partial charge is 0.240 e. The lowest BCUT2D eigenvalue weighted by atomic mass is 9.90. The van der Waals surface area contributed by atoms with Gasteiger partial charge in [0, 0.05) is 12.7 Å². The maximum atomic E-state index is 14.2. The molecule has 2 heterocycles. The summed E-state index contributed by atoms with van der Waals surface area (Å²) in [4.78, 5) is 20.9. The monoisotopic (exact) mass is 458 g/mol. The van der Waals surface area contributed by atoms with Crippen LogP contribution in [-0.2, 0) is 9.53 Å². The van der Waals surface area contributed by atoms with Gasteiger partial charge in [-0.3, -0.25) is 9.69 Å². The van der Waals surface area contributed by atoms with Gasteiger partial charge in [-0.25, -0.2) is 4.98 Å². The lowest BCUT2D eigenvalue weighted by Crippen LogP contribution is -2.40. The topological polar surface area (TPSA) is 51.7 Å². The predicted molar refractivity (Wildman–Crippen MR) is 132 cm³/mol. The second kappa shape index (κ2) is 9.73. The number of ether oxygens (including phenoxy) is 2. The maximum absolute atomic E-state index is 14.2. The number of benzene rings is 3. The number of thiazole rings is 1. The third kappa shape index (κ3) is 4.63. The average molecular weight is 459 g/mol. The number of rotatable bonds is 7. The van der Waals surface area contributed by atoms with E-state index in [0.29, 0.717) is 11.7 Å². The average Bonchev–Trinajstić information content (AvgIpc) is 3.53. The number of carbonyl (C=O) groups excluding carboxylic acids is 1. The minimum atomic E-state index is -0.421. The number of fused-ring (bicyclic) bond motifs is 1. The van der Waals surface area contributed by atoms with Gasteiger partial charge in [-0.1, -0.05) is 72.0 Å². The molecule has 1 saturated heterocycles. The molecule has 1 unspecified atom stereocenters. The zero-order valence-electron chi connectivity index (χ0n) is 18.5. The molecule has 3 aromatic carbocycles. The number of amides is 1. The van der Waals surface area contributed by atoms with E-state index in [2.05, 4.69) is 0 Å². The third-order valence-electron chi connectivity index (χ3n) is 6.00. The number of carbonyl (C=O) groups is 1. The fraction of sp³-hybridized carbons (Fsp3) is 0.259. The van der Waals surface area contributed by atoms with Crippen LogP contribution in [0.4, 0.5) is 5.13 Å². The molecule has 1 atom stereocenters. The van der Waals surface area contributed by atoms with Gasteiger partial charge in [0.25, 0.3) is 0 Å². The first-order valence-corrected chi connectivity index (χ1v) is 12.0. The van der Waals surface area contributed by atoms with Crippen LogP contribution in [0, 0.1) is 0 Å². The second-order valence-electron chi connectivity index (χ2n) is 8.17. The number of nitrogens with zero attached hydrogens (tertiary/aromatic N) is 2. The van der Waals surface area contributed by atoms with Crippen LogP contribution in [0.3, 0.4) is 0 Å². The normalized spacial score (nSPS) is 15.8. The Morgan fingerprint density at radius 2 is 1.79 bits per heavy atom. The molecule has 4 aromatic rings. The number of aromatic nitrogens is 1. The van der Waals surface area contributed by atoms with Crippen LogP contribution < -0.4 is 9.64 Å². The van der Waals surface area contributed by atoms with Crippen molar-refractivity contribution in [2.45, 2.75) is 24.9 Å².